The van der Waals surface area contributed by atoms with Gasteiger partial charge in [-0.3, -0.25) is 0 Å². The zero-order chi connectivity index (χ0) is 16.9. The molecule has 0 atom stereocenters. The molecular formula is C17H15NO4S2. The van der Waals surface area contributed by atoms with Gasteiger partial charge in [0.25, 0.3) is 0 Å². The second-order valence-corrected chi connectivity index (χ2v) is 6.57. The number of thiazole rings is 1. The topological polar surface area (TPSA) is 57.7 Å². The predicted octanol–water partition coefficient (Wildman–Crippen LogP) is 4.25. The lowest BCUT2D eigenvalue weighted by atomic mass is 10.2. The number of hydrogen-bond acceptors (Lipinski definition) is 7. The molecule has 0 spiro atoms. The first-order chi connectivity index (χ1) is 11.7. The number of methoxy groups -OCH3 is 2. The predicted molar refractivity (Wildman–Crippen MR) is 94.1 cm³/mol. The van der Waals surface area contributed by atoms with E-state index in [9.17, 15) is 4.79 Å². The van der Waals surface area contributed by atoms with E-state index in [1.54, 1.807) is 49.1 Å². The van der Waals surface area contributed by atoms with E-state index < -0.39 is 5.97 Å². The third-order valence-corrected chi connectivity index (χ3v) is 5.17. The molecule has 24 heavy (non-hydrogen) atoms. The Bertz CT molecular complexity index is 827. The summed E-state index contributed by atoms with van der Waals surface area (Å²) in [5, 5.41) is 4.50. The molecule has 3 rings (SSSR count). The second kappa shape index (κ2) is 7.46. The van der Waals surface area contributed by atoms with E-state index in [0.29, 0.717) is 17.2 Å². The van der Waals surface area contributed by atoms with Gasteiger partial charge in [-0.15, -0.1) is 22.7 Å². The van der Waals surface area contributed by atoms with Gasteiger partial charge in [0, 0.05) is 10.9 Å². The summed E-state index contributed by atoms with van der Waals surface area (Å²) < 4.78 is 15.8. The van der Waals surface area contributed by atoms with Crippen molar-refractivity contribution >= 4 is 28.6 Å². The number of aromatic nitrogens is 1. The highest BCUT2D eigenvalue weighted by Gasteiger charge is 2.15. The Hall–Kier alpha value is -2.38. The van der Waals surface area contributed by atoms with Gasteiger partial charge in [-0.25, -0.2) is 9.78 Å². The fraction of sp³-hybridized carbons (Fsp3) is 0.176. The lowest BCUT2D eigenvalue weighted by Crippen LogP contribution is -2.06. The van der Waals surface area contributed by atoms with E-state index in [2.05, 4.69) is 4.98 Å². The third kappa shape index (κ3) is 3.58. The largest absolute Gasteiger partial charge is 0.497 e. The van der Waals surface area contributed by atoms with Crippen LogP contribution in [0.4, 0.5) is 0 Å². The molecule has 0 aliphatic heterocycles. The zero-order valence-electron chi connectivity index (χ0n) is 13.1. The number of rotatable bonds is 6. The molecule has 0 saturated heterocycles. The zero-order valence-corrected chi connectivity index (χ0v) is 14.8. The fourth-order valence-corrected chi connectivity index (χ4v) is 3.70. The molecule has 1 aromatic carbocycles. The molecule has 0 unspecified atom stereocenters. The normalized spacial score (nSPS) is 10.4. The lowest BCUT2D eigenvalue weighted by molar-refractivity contribution is 0.0464. The van der Waals surface area contributed by atoms with Crippen LogP contribution in [0.3, 0.4) is 0 Å². The van der Waals surface area contributed by atoms with Gasteiger partial charge in [0.05, 0.1) is 19.1 Å². The van der Waals surface area contributed by atoms with Crippen molar-refractivity contribution in [2.45, 2.75) is 6.61 Å². The Labute approximate surface area is 147 Å². The molecule has 0 bridgehead atoms. The Morgan fingerprint density at radius 3 is 2.75 bits per heavy atom. The summed E-state index contributed by atoms with van der Waals surface area (Å²) in [4.78, 5) is 17.6. The number of nitrogens with zero attached hydrogens (tertiary/aromatic N) is 1. The number of esters is 1. The van der Waals surface area contributed by atoms with Gasteiger partial charge in [0.15, 0.2) is 5.69 Å². The lowest BCUT2D eigenvalue weighted by Gasteiger charge is -2.10. The summed E-state index contributed by atoms with van der Waals surface area (Å²) in [6.45, 7) is 0.0884. The molecule has 0 N–H and O–H groups in total. The summed E-state index contributed by atoms with van der Waals surface area (Å²) in [7, 11) is 3.15. The highest BCUT2D eigenvalue weighted by Crippen LogP contribution is 2.28. The summed E-state index contributed by atoms with van der Waals surface area (Å²) in [6.07, 6.45) is 0. The van der Waals surface area contributed by atoms with E-state index in [4.69, 9.17) is 14.2 Å². The maximum Gasteiger partial charge on any atom is 0.358 e. The van der Waals surface area contributed by atoms with Crippen LogP contribution in [-0.2, 0) is 11.3 Å². The molecule has 2 heterocycles. The van der Waals surface area contributed by atoms with Gasteiger partial charge < -0.3 is 14.2 Å². The smallest absolute Gasteiger partial charge is 0.358 e. The molecule has 124 valence electrons. The van der Waals surface area contributed by atoms with Crippen molar-refractivity contribution in [1.82, 2.24) is 4.98 Å². The molecule has 0 aliphatic carbocycles. The van der Waals surface area contributed by atoms with Gasteiger partial charge >= 0.3 is 5.97 Å². The average Bonchev–Trinajstić information content (AvgIpc) is 3.30. The van der Waals surface area contributed by atoms with Crippen molar-refractivity contribution in [2.75, 3.05) is 14.2 Å². The van der Waals surface area contributed by atoms with E-state index in [0.717, 1.165) is 15.4 Å². The van der Waals surface area contributed by atoms with Crippen LogP contribution in [0, 0.1) is 0 Å². The van der Waals surface area contributed by atoms with Gasteiger partial charge in [-0.1, -0.05) is 6.07 Å². The van der Waals surface area contributed by atoms with Crippen LogP contribution < -0.4 is 9.47 Å². The summed E-state index contributed by atoms with van der Waals surface area (Å²) >= 11 is 3.01. The Morgan fingerprint density at radius 2 is 2.04 bits per heavy atom. The first-order valence-electron chi connectivity index (χ1n) is 7.08. The maximum atomic E-state index is 12.2. The van der Waals surface area contributed by atoms with Crippen LogP contribution >= 0.6 is 22.7 Å². The van der Waals surface area contributed by atoms with Crippen LogP contribution in [0.15, 0.2) is 41.1 Å². The van der Waals surface area contributed by atoms with E-state index >= 15 is 0 Å². The Kier molecular flexibility index (Phi) is 5.12. The van der Waals surface area contributed by atoms with Crippen LogP contribution in [0.25, 0.3) is 9.88 Å². The van der Waals surface area contributed by atoms with Crippen molar-refractivity contribution in [3.05, 3.63) is 52.3 Å². The molecule has 0 saturated carbocycles. The summed E-state index contributed by atoms with van der Waals surface area (Å²) in [6, 6.07) is 9.27. The minimum atomic E-state index is -0.459. The minimum Gasteiger partial charge on any atom is -0.497 e. The van der Waals surface area contributed by atoms with E-state index in [1.165, 1.54) is 11.3 Å². The number of ether oxygens (including phenoxy) is 3. The first kappa shape index (κ1) is 16.5. The van der Waals surface area contributed by atoms with Gasteiger partial charge in [-0.05, 0) is 29.6 Å². The minimum absolute atomic E-state index is 0.0884. The maximum absolute atomic E-state index is 12.2. The standard InChI is InChI=1S/C17H15NO4S2/c1-20-12-5-6-14(21-2)11(8-12)9-22-17(19)13-10-24-16(18-13)15-4-3-7-23-15/h3-8,10H,9H2,1-2H3. The highest BCUT2D eigenvalue weighted by molar-refractivity contribution is 7.20. The first-order valence-corrected chi connectivity index (χ1v) is 8.84. The third-order valence-electron chi connectivity index (χ3n) is 3.29. The number of carbonyl (C=O) groups excluding carboxylic acids is 1. The van der Waals surface area contributed by atoms with Crippen molar-refractivity contribution in [2.24, 2.45) is 0 Å². The monoisotopic (exact) mass is 361 g/mol. The Balaban J connectivity index is 1.70. The van der Waals surface area contributed by atoms with Crippen LogP contribution in [0.5, 0.6) is 11.5 Å². The Morgan fingerprint density at radius 1 is 1.17 bits per heavy atom. The average molecular weight is 361 g/mol. The molecule has 5 nitrogen and oxygen atoms in total. The van der Waals surface area contributed by atoms with Crippen LogP contribution in [0.1, 0.15) is 16.1 Å². The molecule has 0 amide bonds. The molecule has 0 radical (unpaired) electrons. The number of carbonyl (C=O) groups is 1. The van der Waals surface area contributed by atoms with Crippen LogP contribution in [-0.4, -0.2) is 25.2 Å². The van der Waals surface area contributed by atoms with Gasteiger partial charge in [-0.2, -0.15) is 0 Å². The van der Waals surface area contributed by atoms with Crippen molar-refractivity contribution in [1.29, 1.82) is 0 Å². The quantitative estimate of drug-likeness (QED) is 0.615. The van der Waals surface area contributed by atoms with Crippen LogP contribution in [0.2, 0.25) is 0 Å². The number of thiophene rings is 1. The van der Waals surface area contributed by atoms with E-state index in [1.807, 2.05) is 17.5 Å². The highest BCUT2D eigenvalue weighted by atomic mass is 32.1. The molecular weight excluding hydrogens is 346 g/mol. The van der Waals surface area contributed by atoms with Crippen molar-refractivity contribution in [3.8, 4) is 21.4 Å². The van der Waals surface area contributed by atoms with E-state index in [-0.39, 0.29) is 6.61 Å². The van der Waals surface area contributed by atoms with Gasteiger partial charge in [0.1, 0.15) is 23.1 Å². The second-order valence-electron chi connectivity index (χ2n) is 4.77. The van der Waals surface area contributed by atoms with Crippen molar-refractivity contribution in [3.63, 3.8) is 0 Å². The molecule has 0 aliphatic rings. The summed E-state index contributed by atoms with van der Waals surface area (Å²) in [5.41, 5.74) is 1.05. The molecule has 7 heteroatoms. The number of benzene rings is 1. The number of hydrogen-bond donors (Lipinski definition) is 0. The fourth-order valence-electron chi connectivity index (χ4n) is 2.09. The van der Waals surface area contributed by atoms with Crippen molar-refractivity contribution < 1.29 is 19.0 Å². The summed E-state index contributed by atoms with van der Waals surface area (Å²) in [5.74, 6) is 0.857. The molecule has 0 fully saturated rings. The molecule has 2 aromatic heterocycles. The van der Waals surface area contributed by atoms with Gasteiger partial charge in [0.2, 0.25) is 0 Å². The molecule has 3 aromatic rings. The SMILES string of the molecule is COc1ccc(OC)c(COC(=O)c2csc(-c3cccs3)n2)c1.